The van der Waals surface area contributed by atoms with E-state index in [2.05, 4.69) is 10.4 Å². The number of hydrogen-bond donors (Lipinski definition) is 1. The number of halogens is 2. The van der Waals surface area contributed by atoms with Gasteiger partial charge in [0.2, 0.25) is 0 Å². The first-order valence-corrected chi connectivity index (χ1v) is 9.86. The fraction of sp³-hybridized carbons (Fsp3) is 0.200. The van der Waals surface area contributed by atoms with Crippen LogP contribution in [0.2, 0.25) is 10.0 Å². The molecule has 1 aromatic heterocycles. The van der Waals surface area contributed by atoms with Gasteiger partial charge >= 0.3 is 0 Å². The average molecular weight is 465 g/mol. The summed E-state index contributed by atoms with van der Waals surface area (Å²) < 4.78 is 12.1. The largest absolute Gasteiger partial charge is 0.493 e. The molecule has 9 nitrogen and oxygen atoms in total. The van der Waals surface area contributed by atoms with Crippen molar-refractivity contribution in [3.05, 3.63) is 73.9 Å². The summed E-state index contributed by atoms with van der Waals surface area (Å²) in [6.07, 6.45) is 1.49. The summed E-state index contributed by atoms with van der Waals surface area (Å²) in [4.78, 5) is 23.8. The van der Waals surface area contributed by atoms with Gasteiger partial charge in [0.1, 0.15) is 11.4 Å². The molecule has 1 N–H and O–H groups in total. The molecule has 31 heavy (non-hydrogen) atoms. The molecule has 0 aliphatic rings. The molecule has 1 heterocycles. The van der Waals surface area contributed by atoms with Gasteiger partial charge in [-0.2, -0.15) is 5.10 Å². The monoisotopic (exact) mass is 464 g/mol. The molecule has 3 rings (SSSR count). The first kappa shape index (κ1) is 22.4. The number of amides is 1. The zero-order valence-electron chi connectivity index (χ0n) is 16.6. The quantitative estimate of drug-likeness (QED) is 0.378. The van der Waals surface area contributed by atoms with E-state index in [9.17, 15) is 14.9 Å². The number of hydrogen-bond acceptors (Lipinski definition) is 6. The molecule has 0 bridgehead atoms. The van der Waals surface area contributed by atoms with Crippen molar-refractivity contribution in [3.63, 3.8) is 0 Å². The first-order valence-electron chi connectivity index (χ1n) is 9.10. The van der Waals surface area contributed by atoms with Crippen LogP contribution >= 0.6 is 23.2 Å². The fourth-order valence-corrected chi connectivity index (χ4v) is 3.34. The second-order valence-corrected chi connectivity index (χ2v) is 7.12. The second kappa shape index (κ2) is 9.67. The van der Waals surface area contributed by atoms with Gasteiger partial charge in [-0.1, -0.05) is 29.3 Å². The van der Waals surface area contributed by atoms with Gasteiger partial charge in [0, 0.05) is 22.2 Å². The number of nitrogens with one attached hydrogen (secondary N) is 1. The van der Waals surface area contributed by atoms with Crippen LogP contribution in [0.4, 0.5) is 11.5 Å². The summed E-state index contributed by atoms with van der Waals surface area (Å²) in [5, 5.41) is 19.3. The average Bonchev–Trinajstić information content (AvgIpc) is 3.16. The molecule has 2 aromatic carbocycles. The van der Waals surface area contributed by atoms with Gasteiger partial charge in [0.05, 0.1) is 37.4 Å². The van der Waals surface area contributed by atoms with Gasteiger partial charge in [-0.05, 0) is 24.6 Å². The van der Waals surface area contributed by atoms with Crippen molar-refractivity contribution in [2.75, 3.05) is 19.0 Å². The van der Waals surface area contributed by atoms with Crippen molar-refractivity contribution in [1.29, 1.82) is 0 Å². The maximum Gasteiger partial charge on any atom is 0.286 e. The van der Waals surface area contributed by atoms with Crippen LogP contribution in [0, 0.1) is 10.1 Å². The molecular formula is C20H18Cl2N4O5. The highest BCUT2D eigenvalue weighted by atomic mass is 35.5. The van der Waals surface area contributed by atoms with E-state index in [1.807, 2.05) is 0 Å². The minimum atomic E-state index is -0.695. The van der Waals surface area contributed by atoms with Crippen LogP contribution in [-0.4, -0.2) is 34.3 Å². The molecule has 0 aliphatic carbocycles. The third-order valence-corrected chi connectivity index (χ3v) is 4.90. The molecule has 11 heteroatoms. The Bertz CT molecular complexity index is 1130. The van der Waals surface area contributed by atoms with Crippen LogP contribution in [0.1, 0.15) is 22.8 Å². The van der Waals surface area contributed by atoms with Gasteiger partial charge in [0.25, 0.3) is 11.6 Å². The third kappa shape index (κ3) is 5.07. The van der Waals surface area contributed by atoms with Crippen LogP contribution in [0.15, 0.2) is 42.6 Å². The number of benzene rings is 2. The van der Waals surface area contributed by atoms with Crippen molar-refractivity contribution < 1.29 is 19.2 Å². The highest BCUT2D eigenvalue weighted by molar-refractivity contribution is 6.35. The first-order chi connectivity index (χ1) is 14.8. The van der Waals surface area contributed by atoms with Crippen LogP contribution in [0.5, 0.6) is 11.5 Å². The molecule has 0 fully saturated rings. The molecule has 0 aliphatic heterocycles. The predicted molar refractivity (Wildman–Crippen MR) is 117 cm³/mol. The number of aromatic nitrogens is 2. The Hall–Kier alpha value is -3.30. The Balaban J connectivity index is 1.91. The normalized spacial score (nSPS) is 10.6. The van der Waals surface area contributed by atoms with Gasteiger partial charge in [-0.3, -0.25) is 14.9 Å². The number of ether oxygens (including phenoxy) is 2. The molecule has 0 saturated heterocycles. The van der Waals surface area contributed by atoms with Crippen molar-refractivity contribution in [1.82, 2.24) is 9.78 Å². The fourth-order valence-electron chi connectivity index (χ4n) is 2.87. The van der Waals surface area contributed by atoms with E-state index in [1.54, 1.807) is 31.2 Å². The van der Waals surface area contributed by atoms with Crippen molar-refractivity contribution in [3.8, 4) is 11.5 Å². The van der Waals surface area contributed by atoms with Crippen LogP contribution in [0.25, 0.3) is 0 Å². The second-order valence-electron chi connectivity index (χ2n) is 6.27. The van der Waals surface area contributed by atoms with Gasteiger partial charge in [-0.25, -0.2) is 4.68 Å². The van der Waals surface area contributed by atoms with Gasteiger partial charge in [-0.15, -0.1) is 0 Å². The Morgan fingerprint density at radius 2 is 2.00 bits per heavy atom. The Morgan fingerprint density at radius 3 is 2.65 bits per heavy atom. The summed E-state index contributed by atoms with van der Waals surface area (Å²) in [7, 11) is 1.36. The maximum absolute atomic E-state index is 12.9. The number of nitro groups is 1. The summed E-state index contributed by atoms with van der Waals surface area (Å²) in [5.41, 5.74) is 0.149. The lowest BCUT2D eigenvalue weighted by atomic mass is 10.1. The number of nitro benzene ring substituents is 1. The van der Waals surface area contributed by atoms with Crippen molar-refractivity contribution in [2.24, 2.45) is 0 Å². The van der Waals surface area contributed by atoms with Crippen LogP contribution in [0.3, 0.4) is 0 Å². The molecule has 0 radical (unpaired) electrons. The third-order valence-electron chi connectivity index (χ3n) is 4.32. The van der Waals surface area contributed by atoms with Gasteiger partial charge in [0.15, 0.2) is 11.5 Å². The molecule has 0 unspecified atom stereocenters. The molecule has 0 saturated carbocycles. The number of anilines is 1. The van der Waals surface area contributed by atoms with E-state index < -0.39 is 16.5 Å². The number of methoxy groups -OCH3 is 1. The zero-order valence-corrected chi connectivity index (χ0v) is 18.1. The minimum Gasteiger partial charge on any atom is -0.493 e. The summed E-state index contributed by atoms with van der Waals surface area (Å²) >= 11 is 12.1. The van der Waals surface area contributed by atoms with E-state index in [1.165, 1.54) is 24.1 Å². The highest BCUT2D eigenvalue weighted by Crippen LogP contribution is 2.35. The van der Waals surface area contributed by atoms with E-state index in [0.717, 1.165) is 11.6 Å². The van der Waals surface area contributed by atoms with Crippen molar-refractivity contribution in [2.45, 2.75) is 13.5 Å². The lowest BCUT2D eigenvalue weighted by Crippen LogP contribution is -2.18. The Labute approximate surface area is 187 Å². The van der Waals surface area contributed by atoms with Crippen LogP contribution < -0.4 is 14.8 Å². The Kier molecular flexibility index (Phi) is 6.98. The SMILES string of the molecule is CCOc1cc(C(=O)Nc2ccnn2Cc2ccc(Cl)cc2Cl)c([N+](=O)[O-])cc1OC. The smallest absolute Gasteiger partial charge is 0.286 e. The zero-order chi connectivity index (χ0) is 22.5. The summed E-state index contributed by atoms with van der Waals surface area (Å²) in [5.74, 6) is 0.0214. The van der Waals surface area contributed by atoms with Crippen molar-refractivity contribution >= 4 is 40.6 Å². The molecule has 0 spiro atoms. The summed E-state index contributed by atoms with van der Waals surface area (Å²) in [6, 6.07) is 9.06. The van der Waals surface area contributed by atoms with E-state index in [-0.39, 0.29) is 23.6 Å². The lowest BCUT2D eigenvalue weighted by molar-refractivity contribution is -0.385. The van der Waals surface area contributed by atoms with E-state index in [4.69, 9.17) is 32.7 Å². The van der Waals surface area contributed by atoms with E-state index >= 15 is 0 Å². The molecular weight excluding hydrogens is 447 g/mol. The van der Waals surface area contributed by atoms with Crippen LogP contribution in [-0.2, 0) is 6.54 Å². The molecule has 1 amide bonds. The minimum absolute atomic E-state index is 0.160. The Morgan fingerprint density at radius 1 is 1.23 bits per heavy atom. The molecule has 0 atom stereocenters. The van der Waals surface area contributed by atoms with Gasteiger partial charge < -0.3 is 14.8 Å². The predicted octanol–water partition coefficient (Wildman–Crippen LogP) is 4.81. The number of nitrogens with zero attached hydrogens (tertiary/aromatic N) is 3. The number of carbonyl (C=O) groups excluding carboxylic acids is 1. The van der Waals surface area contributed by atoms with E-state index in [0.29, 0.717) is 22.5 Å². The lowest BCUT2D eigenvalue weighted by Gasteiger charge is -2.13. The standard InChI is InChI=1S/C20H18Cl2N4O5/c1-3-31-18-9-14(16(26(28)29)10-17(18)30-2)20(27)24-19-6-7-23-25(19)11-12-4-5-13(21)8-15(12)22/h4-10H,3,11H2,1-2H3,(H,24,27). The topological polar surface area (TPSA) is 109 Å². The molecule has 3 aromatic rings. The molecule has 162 valence electrons. The number of carbonyl (C=O) groups is 1. The maximum atomic E-state index is 12.9. The highest BCUT2D eigenvalue weighted by Gasteiger charge is 2.25. The summed E-state index contributed by atoms with van der Waals surface area (Å²) in [6.45, 7) is 2.30. The number of rotatable bonds is 8.